The summed E-state index contributed by atoms with van der Waals surface area (Å²) in [5.41, 5.74) is 7.14. The number of halogens is 1. The Bertz CT molecular complexity index is 527. The van der Waals surface area contributed by atoms with Gasteiger partial charge in [0.25, 0.3) is 5.91 Å². The van der Waals surface area contributed by atoms with E-state index in [1.165, 1.54) is 11.3 Å². The lowest BCUT2D eigenvalue weighted by atomic mass is 10.2. The van der Waals surface area contributed by atoms with Crippen molar-refractivity contribution in [2.24, 2.45) is 0 Å². The molecule has 1 unspecified atom stereocenters. The molecule has 1 heterocycles. The maximum absolute atomic E-state index is 11.3. The van der Waals surface area contributed by atoms with Gasteiger partial charge < -0.3 is 0 Å². The maximum Gasteiger partial charge on any atom is 0.256 e. The molecule has 0 saturated heterocycles. The van der Waals surface area contributed by atoms with Crippen molar-refractivity contribution >= 4 is 34.0 Å². The first-order valence-corrected chi connectivity index (χ1v) is 6.69. The predicted octanol–water partition coefficient (Wildman–Crippen LogP) is 2.88. The number of benzene rings is 1. The van der Waals surface area contributed by atoms with Crippen LogP contribution in [0.2, 0.25) is 0 Å². The third kappa shape index (κ3) is 3.21. The Morgan fingerprint density at radius 2 is 2.11 bits per heavy atom. The minimum atomic E-state index is -0.578. The van der Waals surface area contributed by atoms with Gasteiger partial charge in [0, 0.05) is 10.9 Å². The van der Waals surface area contributed by atoms with Crippen molar-refractivity contribution in [2.45, 2.75) is 12.3 Å². The smallest absolute Gasteiger partial charge is 0.256 e. The summed E-state index contributed by atoms with van der Waals surface area (Å²) >= 11 is 7.04. The zero-order valence-electron chi connectivity index (χ0n) is 9.68. The van der Waals surface area contributed by atoms with Gasteiger partial charge >= 0.3 is 0 Å². The molecular formula is C12H12ClN3OS. The van der Waals surface area contributed by atoms with Crippen LogP contribution in [0.15, 0.2) is 35.7 Å². The van der Waals surface area contributed by atoms with Gasteiger partial charge in [0.15, 0.2) is 0 Å². The van der Waals surface area contributed by atoms with Crippen LogP contribution in [0.3, 0.4) is 0 Å². The van der Waals surface area contributed by atoms with Crippen LogP contribution in [0, 0.1) is 0 Å². The highest BCUT2D eigenvalue weighted by Gasteiger charge is 2.09. The number of carbonyl (C=O) groups excluding carboxylic acids is 1. The van der Waals surface area contributed by atoms with E-state index in [0.717, 1.165) is 11.3 Å². The number of hydrazine groups is 1. The van der Waals surface area contributed by atoms with Gasteiger partial charge in [-0.1, -0.05) is 30.3 Å². The van der Waals surface area contributed by atoms with Gasteiger partial charge in [0.05, 0.1) is 5.69 Å². The van der Waals surface area contributed by atoms with Crippen LogP contribution in [0.25, 0.3) is 11.3 Å². The van der Waals surface area contributed by atoms with Gasteiger partial charge in [-0.2, -0.15) is 0 Å². The van der Waals surface area contributed by atoms with E-state index in [1.54, 1.807) is 6.92 Å². The van der Waals surface area contributed by atoms with Crippen LogP contribution in [0.5, 0.6) is 0 Å². The highest BCUT2D eigenvalue weighted by molar-refractivity contribution is 7.14. The molecule has 1 aromatic carbocycles. The van der Waals surface area contributed by atoms with Crippen LogP contribution in [-0.4, -0.2) is 16.3 Å². The van der Waals surface area contributed by atoms with E-state index < -0.39 is 5.38 Å². The molecule has 2 N–H and O–H groups in total. The topological polar surface area (TPSA) is 54.0 Å². The lowest BCUT2D eigenvalue weighted by Crippen LogP contribution is -2.34. The predicted molar refractivity (Wildman–Crippen MR) is 74.6 cm³/mol. The summed E-state index contributed by atoms with van der Waals surface area (Å²) in [6.45, 7) is 1.61. The summed E-state index contributed by atoms with van der Waals surface area (Å²) in [7, 11) is 0. The van der Waals surface area contributed by atoms with Gasteiger partial charge in [-0.05, 0) is 6.92 Å². The molecule has 0 aliphatic heterocycles. The molecule has 0 spiro atoms. The quantitative estimate of drug-likeness (QED) is 0.669. The van der Waals surface area contributed by atoms with Gasteiger partial charge in [-0.15, -0.1) is 22.9 Å². The van der Waals surface area contributed by atoms with E-state index in [2.05, 4.69) is 15.8 Å². The van der Waals surface area contributed by atoms with Crippen LogP contribution < -0.4 is 10.9 Å². The zero-order valence-corrected chi connectivity index (χ0v) is 11.3. The molecule has 1 amide bonds. The number of rotatable bonds is 4. The normalized spacial score (nSPS) is 11.9. The van der Waals surface area contributed by atoms with E-state index in [4.69, 9.17) is 11.6 Å². The van der Waals surface area contributed by atoms with Gasteiger partial charge in [0.1, 0.15) is 5.38 Å². The Hall–Kier alpha value is -1.59. The zero-order chi connectivity index (χ0) is 13.0. The highest BCUT2D eigenvalue weighted by Crippen LogP contribution is 2.23. The lowest BCUT2D eigenvalue weighted by Gasteiger charge is -2.05. The van der Waals surface area contributed by atoms with Crippen molar-refractivity contribution < 1.29 is 4.79 Å². The van der Waals surface area contributed by atoms with Crippen LogP contribution in [0.1, 0.15) is 6.92 Å². The second-order valence-corrected chi connectivity index (χ2v) is 5.15. The standard InChI is InChI=1S/C12H12ClN3OS/c1-8(13)11(17)15-16-12-14-10(7-18-12)9-5-3-2-4-6-9/h2-8H,1H3,(H,14,16)(H,15,17). The van der Waals surface area contributed by atoms with Crippen molar-refractivity contribution in [3.05, 3.63) is 35.7 Å². The summed E-state index contributed by atoms with van der Waals surface area (Å²) in [5, 5.41) is 1.97. The Balaban J connectivity index is 2.01. The van der Waals surface area contributed by atoms with Crippen LogP contribution >= 0.6 is 22.9 Å². The molecule has 0 radical (unpaired) electrons. The average molecular weight is 282 g/mol. The summed E-state index contributed by atoms with van der Waals surface area (Å²) in [4.78, 5) is 15.6. The minimum Gasteiger partial charge on any atom is -0.273 e. The number of nitrogens with zero attached hydrogens (tertiary/aromatic N) is 1. The van der Waals surface area contributed by atoms with Crippen molar-refractivity contribution in [1.29, 1.82) is 0 Å². The number of thiazole rings is 1. The van der Waals surface area contributed by atoms with Gasteiger partial charge in [-0.25, -0.2) is 4.98 Å². The average Bonchev–Trinajstić information content (AvgIpc) is 2.85. The molecular weight excluding hydrogens is 270 g/mol. The Morgan fingerprint density at radius 1 is 1.39 bits per heavy atom. The molecule has 6 heteroatoms. The van der Waals surface area contributed by atoms with Crippen LogP contribution in [-0.2, 0) is 4.79 Å². The first kappa shape index (κ1) is 12.9. The number of carbonyl (C=O) groups is 1. The van der Waals surface area contributed by atoms with Crippen molar-refractivity contribution in [3.8, 4) is 11.3 Å². The number of hydrogen-bond donors (Lipinski definition) is 2. The monoisotopic (exact) mass is 281 g/mol. The minimum absolute atomic E-state index is 0.284. The van der Waals surface area contributed by atoms with E-state index in [-0.39, 0.29) is 5.91 Å². The Kier molecular flexibility index (Phi) is 4.17. The van der Waals surface area contributed by atoms with E-state index in [9.17, 15) is 4.79 Å². The third-order valence-corrected chi connectivity index (χ3v) is 3.18. The van der Waals surface area contributed by atoms with E-state index >= 15 is 0 Å². The van der Waals surface area contributed by atoms with Gasteiger partial charge in [-0.3, -0.25) is 15.6 Å². The Morgan fingerprint density at radius 3 is 2.78 bits per heavy atom. The van der Waals surface area contributed by atoms with Gasteiger partial charge in [0.2, 0.25) is 5.13 Å². The summed E-state index contributed by atoms with van der Waals surface area (Å²) in [5.74, 6) is -0.284. The molecule has 4 nitrogen and oxygen atoms in total. The SMILES string of the molecule is CC(Cl)C(=O)NNc1nc(-c2ccccc2)cs1. The Labute approximate surface area is 114 Å². The van der Waals surface area contributed by atoms with Crippen molar-refractivity contribution in [3.63, 3.8) is 0 Å². The number of aromatic nitrogens is 1. The second kappa shape index (κ2) is 5.84. The lowest BCUT2D eigenvalue weighted by molar-refractivity contribution is -0.119. The molecule has 18 heavy (non-hydrogen) atoms. The molecule has 1 aromatic heterocycles. The summed E-state index contributed by atoms with van der Waals surface area (Å²) in [6.07, 6.45) is 0. The number of anilines is 1. The summed E-state index contributed by atoms with van der Waals surface area (Å²) < 4.78 is 0. The molecule has 0 bridgehead atoms. The fraction of sp³-hybridized carbons (Fsp3) is 0.167. The maximum atomic E-state index is 11.3. The number of nitrogens with one attached hydrogen (secondary N) is 2. The van der Waals surface area contributed by atoms with E-state index in [0.29, 0.717) is 5.13 Å². The fourth-order valence-electron chi connectivity index (χ4n) is 1.29. The molecule has 0 fully saturated rings. The van der Waals surface area contributed by atoms with Crippen molar-refractivity contribution in [2.75, 3.05) is 5.43 Å². The summed E-state index contributed by atoms with van der Waals surface area (Å²) in [6, 6.07) is 9.84. The molecule has 2 aromatic rings. The molecule has 0 saturated carbocycles. The number of hydrogen-bond acceptors (Lipinski definition) is 4. The number of alkyl halides is 1. The molecule has 2 rings (SSSR count). The molecule has 94 valence electrons. The molecule has 0 aliphatic rings. The highest BCUT2D eigenvalue weighted by atomic mass is 35.5. The number of amides is 1. The largest absolute Gasteiger partial charge is 0.273 e. The van der Waals surface area contributed by atoms with Crippen LogP contribution in [0.4, 0.5) is 5.13 Å². The third-order valence-electron chi connectivity index (χ3n) is 2.23. The first-order valence-electron chi connectivity index (χ1n) is 5.37. The van der Waals surface area contributed by atoms with Crippen molar-refractivity contribution in [1.82, 2.24) is 10.4 Å². The fourth-order valence-corrected chi connectivity index (χ4v) is 2.01. The first-order chi connectivity index (χ1) is 8.66. The molecule has 0 aliphatic carbocycles. The molecule has 1 atom stereocenters. The second-order valence-electron chi connectivity index (χ2n) is 3.63. The van der Waals surface area contributed by atoms with E-state index in [1.807, 2.05) is 35.7 Å².